The van der Waals surface area contributed by atoms with Crippen LogP contribution < -0.4 is 16.0 Å². The summed E-state index contributed by atoms with van der Waals surface area (Å²) in [5.41, 5.74) is 9.74. The molecular formula is C22H25N5O2. The predicted octanol–water partition coefficient (Wildman–Crippen LogP) is 2.25. The van der Waals surface area contributed by atoms with Crippen molar-refractivity contribution in [1.29, 1.82) is 0 Å². The molecule has 7 nitrogen and oxygen atoms in total. The molecule has 2 aromatic rings. The first-order valence-electron chi connectivity index (χ1n) is 10.2. The lowest BCUT2D eigenvalue weighted by atomic mass is 9.95. The quantitative estimate of drug-likeness (QED) is 0.722. The van der Waals surface area contributed by atoms with Gasteiger partial charge in [-0.25, -0.2) is 4.98 Å². The summed E-state index contributed by atoms with van der Waals surface area (Å²) in [5, 5.41) is 12.9. The van der Waals surface area contributed by atoms with E-state index in [2.05, 4.69) is 26.3 Å². The average Bonchev–Trinajstić information content (AvgIpc) is 3.31. The highest BCUT2D eigenvalue weighted by molar-refractivity contribution is 6.00. The second-order valence-corrected chi connectivity index (χ2v) is 8.17. The molecular weight excluding hydrogens is 366 g/mol. The van der Waals surface area contributed by atoms with E-state index in [-0.39, 0.29) is 12.6 Å². The van der Waals surface area contributed by atoms with Crippen LogP contribution in [0.4, 0.5) is 11.5 Å². The molecule has 0 saturated carbocycles. The number of pyridine rings is 2. The van der Waals surface area contributed by atoms with E-state index in [1.165, 1.54) is 0 Å². The minimum atomic E-state index is -0.448. The van der Waals surface area contributed by atoms with Crippen LogP contribution in [0.5, 0.6) is 0 Å². The van der Waals surface area contributed by atoms with Gasteiger partial charge in [0.25, 0.3) is 5.91 Å². The van der Waals surface area contributed by atoms with Gasteiger partial charge >= 0.3 is 0 Å². The van der Waals surface area contributed by atoms with Gasteiger partial charge in [-0.3, -0.25) is 9.78 Å². The lowest BCUT2D eigenvalue weighted by Crippen LogP contribution is -2.47. The maximum absolute atomic E-state index is 12.0. The number of nitrogens with zero attached hydrogens (tertiary/aromatic N) is 3. The number of aliphatic hydroxyl groups excluding tert-OH is 1. The van der Waals surface area contributed by atoms with E-state index in [4.69, 9.17) is 5.73 Å². The van der Waals surface area contributed by atoms with Gasteiger partial charge in [0.1, 0.15) is 5.82 Å². The highest BCUT2D eigenvalue weighted by Crippen LogP contribution is 2.40. The van der Waals surface area contributed by atoms with Gasteiger partial charge in [0.2, 0.25) is 0 Å². The first kappa shape index (κ1) is 18.1. The van der Waals surface area contributed by atoms with Crippen LogP contribution >= 0.6 is 0 Å². The fourth-order valence-corrected chi connectivity index (χ4v) is 5.07. The highest BCUT2D eigenvalue weighted by atomic mass is 16.3. The number of carbonyl (C=O) groups excluding carboxylic acids is 1. The summed E-state index contributed by atoms with van der Waals surface area (Å²) in [4.78, 5) is 23.4. The Hall–Kier alpha value is -2.93. The number of anilines is 2. The molecule has 0 aromatic carbocycles. The number of amides is 1. The zero-order valence-corrected chi connectivity index (χ0v) is 16.2. The molecule has 7 heteroatoms. The normalized spacial score (nSPS) is 24.6. The van der Waals surface area contributed by atoms with Gasteiger partial charge in [0.05, 0.1) is 23.6 Å². The first-order valence-corrected chi connectivity index (χ1v) is 10.2. The Morgan fingerprint density at radius 2 is 2.00 bits per heavy atom. The number of nitrogens with two attached hydrogens (primary N) is 1. The molecule has 2 bridgehead atoms. The molecule has 2 aromatic heterocycles. The number of nitrogens with one attached hydrogen (secondary N) is 1. The third-order valence-electron chi connectivity index (χ3n) is 6.40. The van der Waals surface area contributed by atoms with Gasteiger partial charge in [-0.2, -0.15) is 0 Å². The molecule has 5 rings (SSSR count). The Labute approximate surface area is 169 Å². The third-order valence-corrected chi connectivity index (χ3v) is 6.40. The molecule has 1 amide bonds. The number of primary amides is 1. The largest absolute Gasteiger partial charge is 0.392 e. The van der Waals surface area contributed by atoms with Crippen LogP contribution in [0.1, 0.15) is 52.9 Å². The molecule has 4 N–H and O–H groups in total. The maximum atomic E-state index is 12.0. The minimum Gasteiger partial charge on any atom is -0.392 e. The molecule has 150 valence electrons. The summed E-state index contributed by atoms with van der Waals surface area (Å²) in [5.74, 6) is 0.537. The van der Waals surface area contributed by atoms with Crippen LogP contribution in [0.3, 0.4) is 0 Å². The zero-order valence-electron chi connectivity index (χ0n) is 16.2. The number of aromatic nitrogens is 2. The fourth-order valence-electron chi connectivity index (χ4n) is 5.07. The summed E-state index contributed by atoms with van der Waals surface area (Å²) in [6, 6.07) is 5.07. The smallest absolute Gasteiger partial charge is 0.252 e. The van der Waals surface area contributed by atoms with Gasteiger partial charge in [-0.1, -0.05) is 18.2 Å². The Balaban J connectivity index is 1.38. The van der Waals surface area contributed by atoms with E-state index in [9.17, 15) is 9.90 Å². The first-order chi connectivity index (χ1) is 14.1. The van der Waals surface area contributed by atoms with Gasteiger partial charge in [-0.15, -0.1) is 0 Å². The molecule has 2 saturated heterocycles. The lowest BCUT2D eigenvalue weighted by Gasteiger charge is -2.40. The second-order valence-electron chi connectivity index (χ2n) is 8.17. The highest BCUT2D eigenvalue weighted by Gasteiger charge is 2.41. The number of piperidine rings is 1. The molecule has 2 aliphatic heterocycles. The molecule has 0 spiro atoms. The number of allylic oxidation sites excluding steroid dienone is 1. The number of fused-ring (bicyclic) bond motifs is 3. The Morgan fingerprint density at radius 1 is 1.21 bits per heavy atom. The lowest BCUT2D eigenvalue weighted by molar-refractivity contribution is 0.100. The van der Waals surface area contributed by atoms with Gasteiger partial charge in [0.15, 0.2) is 0 Å². The van der Waals surface area contributed by atoms with E-state index >= 15 is 0 Å². The summed E-state index contributed by atoms with van der Waals surface area (Å²) >= 11 is 0. The minimum absolute atomic E-state index is 0.0129. The van der Waals surface area contributed by atoms with Crippen LogP contribution in [0, 0.1) is 0 Å². The van der Waals surface area contributed by atoms with E-state index in [0.29, 0.717) is 17.6 Å². The van der Waals surface area contributed by atoms with Gasteiger partial charge in [-0.05, 0) is 37.3 Å². The van der Waals surface area contributed by atoms with Crippen LogP contribution in [0.2, 0.25) is 0 Å². The summed E-state index contributed by atoms with van der Waals surface area (Å²) in [6.45, 7) is 0.0129. The third kappa shape index (κ3) is 3.15. The molecule has 29 heavy (non-hydrogen) atoms. The van der Waals surface area contributed by atoms with Crippen molar-refractivity contribution in [2.24, 2.45) is 5.73 Å². The molecule has 0 radical (unpaired) electrons. The van der Waals surface area contributed by atoms with Gasteiger partial charge < -0.3 is 21.1 Å². The number of carbonyl (C=O) groups is 1. The second kappa shape index (κ2) is 7.15. The molecule has 4 heterocycles. The van der Waals surface area contributed by atoms with Crippen LogP contribution in [0.25, 0.3) is 6.08 Å². The molecule has 2 fully saturated rings. The summed E-state index contributed by atoms with van der Waals surface area (Å²) in [7, 11) is 0. The summed E-state index contributed by atoms with van der Waals surface area (Å²) in [6.07, 6.45) is 12.5. The number of hydrogen-bond donors (Lipinski definition) is 3. The van der Waals surface area contributed by atoms with Crippen molar-refractivity contribution in [3.8, 4) is 0 Å². The van der Waals surface area contributed by atoms with Crippen LogP contribution in [0.15, 0.2) is 30.6 Å². The molecule has 3 atom stereocenters. The molecule has 3 aliphatic rings. The zero-order chi connectivity index (χ0) is 20.0. The summed E-state index contributed by atoms with van der Waals surface area (Å²) < 4.78 is 0. The number of rotatable bonds is 5. The van der Waals surface area contributed by atoms with Crippen LogP contribution in [-0.4, -0.2) is 39.1 Å². The van der Waals surface area contributed by atoms with Crippen molar-refractivity contribution in [3.63, 3.8) is 0 Å². The Kier molecular flexibility index (Phi) is 4.47. The molecule has 1 aliphatic carbocycles. The van der Waals surface area contributed by atoms with Crippen molar-refractivity contribution in [1.82, 2.24) is 9.97 Å². The predicted molar refractivity (Wildman–Crippen MR) is 112 cm³/mol. The van der Waals surface area contributed by atoms with E-state index in [0.717, 1.165) is 60.4 Å². The van der Waals surface area contributed by atoms with Crippen molar-refractivity contribution < 1.29 is 9.90 Å². The van der Waals surface area contributed by atoms with Crippen molar-refractivity contribution in [2.45, 2.75) is 56.8 Å². The van der Waals surface area contributed by atoms with E-state index < -0.39 is 5.91 Å². The van der Waals surface area contributed by atoms with Gasteiger partial charge in [0, 0.05) is 42.5 Å². The Bertz CT molecular complexity index is 958. The monoisotopic (exact) mass is 391 g/mol. The van der Waals surface area contributed by atoms with Crippen LogP contribution in [-0.2, 0) is 13.0 Å². The van der Waals surface area contributed by atoms with Crippen molar-refractivity contribution >= 4 is 23.5 Å². The van der Waals surface area contributed by atoms with E-state index in [1.54, 1.807) is 12.4 Å². The van der Waals surface area contributed by atoms with Crippen molar-refractivity contribution in [2.75, 3.05) is 10.2 Å². The SMILES string of the molecule is NC(=O)c1cnc2c(c1NC1C[C@H]3CC[C@@H](C1)N3c1ccc(CO)cn1)C=CC2. The fraction of sp³-hybridized carbons (Fsp3) is 0.409. The van der Waals surface area contributed by atoms with Crippen molar-refractivity contribution in [3.05, 3.63) is 53.0 Å². The molecule has 1 unspecified atom stereocenters. The topological polar surface area (TPSA) is 104 Å². The number of hydrogen-bond acceptors (Lipinski definition) is 6. The number of aliphatic hydroxyl groups is 1. The standard InChI is InChI=1S/C22H25N5O2/c23-22(29)18-11-24-19-3-1-2-17(19)21(18)26-14-8-15-5-6-16(9-14)27(15)20-7-4-13(12-28)10-25-20/h1-2,4,7,10-11,14-16,28H,3,5-6,8-9,12H2,(H2,23,29)(H,24,26)/t14?,15-,16+. The average molecular weight is 391 g/mol. The van der Waals surface area contributed by atoms with E-state index in [1.807, 2.05) is 18.2 Å². The maximum Gasteiger partial charge on any atom is 0.252 e. The Morgan fingerprint density at radius 3 is 2.66 bits per heavy atom.